The van der Waals surface area contributed by atoms with Crippen molar-refractivity contribution in [1.82, 2.24) is 9.88 Å². The average molecular weight is 427 g/mol. The summed E-state index contributed by atoms with van der Waals surface area (Å²) in [5.74, 6) is 0.514. The fourth-order valence-electron chi connectivity index (χ4n) is 3.80. The smallest absolute Gasteiger partial charge is 0.289 e. The molecule has 0 aliphatic carbocycles. The van der Waals surface area contributed by atoms with E-state index in [1.165, 1.54) is 6.07 Å². The molecular formula is C24H21N5O3. The fourth-order valence-corrected chi connectivity index (χ4v) is 3.80. The highest BCUT2D eigenvalue weighted by Crippen LogP contribution is 2.26. The van der Waals surface area contributed by atoms with E-state index in [0.29, 0.717) is 25.3 Å². The van der Waals surface area contributed by atoms with Crippen molar-refractivity contribution in [3.63, 3.8) is 0 Å². The lowest BCUT2D eigenvalue weighted by Gasteiger charge is -2.16. The Morgan fingerprint density at radius 3 is 2.66 bits per heavy atom. The van der Waals surface area contributed by atoms with Gasteiger partial charge in [-0.05, 0) is 28.7 Å². The molecule has 1 aliphatic rings. The van der Waals surface area contributed by atoms with E-state index in [9.17, 15) is 20.2 Å². The van der Waals surface area contributed by atoms with E-state index in [4.69, 9.17) is 0 Å². The van der Waals surface area contributed by atoms with Crippen LogP contribution in [0.25, 0.3) is 11.1 Å². The maximum atomic E-state index is 11.9. The Bertz CT molecular complexity index is 1200. The van der Waals surface area contributed by atoms with E-state index < -0.39 is 4.92 Å². The molecule has 0 saturated carbocycles. The Morgan fingerprint density at radius 2 is 1.97 bits per heavy atom. The summed E-state index contributed by atoms with van der Waals surface area (Å²) in [7, 11) is 0. The van der Waals surface area contributed by atoms with Crippen LogP contribution in [0.2, 0.25) is 0 Å². The summed E-state index contributed by atoms with van der Waals surface area (Å²) < 4.78 is 0. The number of amides is 1. The van der Waals surface area contributed by atoms with E-state index in [-0.39, 0.29) is 17.2 Å². The third-order valence-corrected chi connectivity index (χ3v) is 5.48. The molecule has 160 valence electrons. The van der Waals surface area contributed by atoms with Gasteiger partial charge >= 0.3 is 0 Å². The zero-order chi connectivity index (χ0) is 22.5. The van der Waals surface area contributed by atoms with Gasteiger partial charge in [-0.3, -0.25) is 14.9 Å². The van der Waals surface area contributed by atoms with Gasteiger partial charge in [0.15, 0.2) is 0 Å². The van der Waals surface area contributed by atoms with Crippen LogP contribution in [0, 0.1) is 21.4 Å². The second-order valence-electron chi connectivity index (χ2n) is 7.59. The molecule has 1 fully saturated rings. The summed E-state index contributed by atoms with van der Waals surface area (Å²) in [4.78, 5) is 28.1. The van der Waals surface area contributed by atoms with Gasteiger partial charge in [0.05, 0.1) is 4.92 Å². The van der Waals surface area contributed by atoms with Crippen molar-refractivity contribution in [3.05, 3.63) is 87.6 Å². The van der Waals surface area contributed by atoms with Gasteiger partial charge in [0.1, 0.15) is 23.6 Å². The number of likely N-dealkylation sites (tertiary alicyclic amines) is 1. The first-order valence-electron chi connectivity index (χ1n) is 10.3. The first-order chi connectivity index (χ1) is 15.5. The van der Waals surface area contributed by atoms with Crippen LogP contribution in [0.3, 0.4) is 0 Å². The topological polar surface area (TPSA) is 112 Å². The standard InChI is InChI=1S/C24H21N5O3/c25-13-20-12-21(29(31)32)15-27-24(20)26-14-19-4-1-2-5-22(19)18-9-7-17(8-10-18)16-28-11-3-6-23(28)30/h1-2,4-5,7-10,12,15H,3,6,11,14,16H2,(H,26,27). The molecule has 1 N–H and O–H groups in total. The number of aromatic nitrogens is 1. The summed E-state index contributed by atoms with van der Waals surface area (Å²) in [5.41, 5.74) is 4.06. The van der Waals surface area contributed by atoms with Gasteiger partial charge in [-0.15, -0.1) is 0 Å². The minimum Gasteiger partial charge on any atom is -0.365 e. The van der Waals surface area contributed by atoms with E-state index >= 15 is 0 Å². The number of rotatable bonds is 7. The monoisotopic (exact) mass is 427 g/mol. The highest BCUT2D eigenvalue weighted by atomic mass is 16.6. The molecule has 32 heavy (non-hydrogen) atoms. The molecule has 8 nitrogen and oxygen atoms in total. The molecule has 8 heteroatoms. The molecule has 1 amide bonds. The predicted octanol–water partition coefficient (Wildman–Crippen LogP) is 4.26. The first-order valence-corrected chi connectivity index (χ1v) is 10.3. The number of carbonyl (C=O) groups excluding carboxylic acids is 1. The third-order valence-electron chi connectivity index (χ3n) is 5.48. The highest BCUT2D eigenvalue weighted by Gasteiger charge is 2.20. The molecule has 1 aliphatic heterocycles. The summed E-state index contributed by atoms with van der Waals surface area (Å²) in [6.07, 6.45) is 2.70. The Labute approximate surface area is 185 Å². The maximum absolute atomic E-state index is 11.9. The minimum atomic E-state index is -0.573. The number of hydrogen-bond acceptors (Lipinski definition) is 6. The van der Waals surface area contributed by atoms with Crippen molar-refractivity contribution in [3.8, 4) is 17.2 Å². The summed E-state index contributed by atoms with van der Waals surface area (Å²) in [5, 5.41) is 23.4. The van der Waals surface area contributed by atoms with Gasteiger partial charge in [0.2, 0.25) is 5.91 Å². The third kappa shape index (κ3) is 4.57. The molecule has 4 rings (SSSR count). The van der Waals surface area contributed by atoms with E-state index in [1.54, 1.807) is 0 Å². The molecule has 0 unspecified atom stereocenters. The first kappa shape index (κ1) is 21.0. The van der Waals surface area contributed by atoms with Crippen molar-refractivity contribution < 1.29 is 9.72 Å². The van der Waals surface area contributed by atoms with Crippen LogP contribution < -0.4 is 5.32 Å². The lowest BCUT2D eigenvalue weighted by atomic mass is 9.98. The van der Waals surface area contributed by atoms with Gasteiger partial charge in [-0.25, -0.2) is 4.98 Å². The molecule has 3 aromatic rings. The fraction of sp³-hybridized carbons (Fsp3) is 0.208. The number of nitriles is 1. The SMILES string of the molecule is N#Cc1cc([N+](=O)[O-])cnc1NCc1ccccc1-c1ccc(CN2CCCC2=O)cc1. The van der Waals surface area contributed by atoms with Crippen LogP contribution in [0.15, 0.2) is 60.8 Å². The number of benzene rings is 2. The summed E-state index contributed by atoms with van der Waals surface area (Å²) in [6, 6.07) is 19.2. The van der Waals surface area contributed by atoms with E-state index in [1.807, 2.05) is 59.5 Å². The molecule has 1 saturated heterocycles. The average Bonchev–Trinajstić information content (AvgIpc) is 3.22. The van der Waals surface area contributed by atoms with Gasteiger partial charge in [-0.2, -0.15) is 5.26 Å². The quantitative estimate of drug-likeness (QED) is 0.445. The van der Waals surface area contributed by atoms with Crippen molar-refractivity contribution >= 4 is 17.4 Å². The molecule has 2 heterocycles. The van der Waals surface area contributed by atoms with Crippen LogP contribution in [-0.2, 0) is 17.9 Å². The van der Waals surface area contributed by atoms with Crippen LogP contribution >= 0.6 is 0 Å². The number of nitrogens with zero attached hydrogens (tertiary/aromatic N) is 4. The summed E-state index contributed by atoms with van der Waals surface area (Å²) >= 11 is 0. The molecule has 2 aromatic carbocycles. The summed E-state index contributed by atoms with van der Waals surface area (Å²) in [6.45, 7) is 1.85. The zero-order valence-corrected chi connectivity index (χ0v) is 17.3. The van der Waals surface area contributed by atoms with Gasteiger partial charge in [0.25, 0.3) is 5.69 Å². The number of nitro groups is 1. The number of hydrogen-bond donors (Lipinski definition) is 1. The molecule has 0 bridgehead atoms. The predicted molar refractivity (Wildman–Crippen MR) is 119 cm³/mol. The number of carbonyl (C=O) groups is 1. The second-order valence-corrected chi connectivity index (χ2v) is 7.59. The van der Waals surface area contributed by atoms with Crippen molar-refractivity contribution in [2.24, 2.45) is 0 Å². The Balaban J connectivity index is 1.50. The molecule has 1 aromatic heterocycles. The van der Waals surface area contributed by atoms with Gasteiger partial charge in [0, 0.05) is 32.1 Å². The molecule has 0 spiro atoms. The largest absolute Gasteiger partial charge is 0.365 e. The number of nitrogens with one attached hydrogen (secondary N) is 1. The molecule has 0 atom stereocenters. The van der Waals surface area contributed by atoms with Crippen molar-refractivity contribution in [2.75, 3.05) is 11.9 Å². The Morgan fingerprint density at radius 1 is 1.19 bits per heavy atom. The zero-order valence-electron chi connectivity index (χ0n) is 17.3. The normalized spacial score (nSPS) is 13.1. The molecular weight excluding hydrogens is 406 g/mol. The lowest BCUT2D eigenvalue weighted by molar-refractivity contribution is -0.385. The lowest BCUT2D eigenvalue weighted by Crippen LogP contribution is -2.23. The van der Waals surface area contributed by atoms with Gasteiger partial charge < -0.3 is 10.2 Å². The van der Waals surface area contributed by atoms with Gasteiger partial charge in [-0.1, -0.05) is 48.5 Å². The maximum Gasteiger partial charge on any atom is 0.289 e. The number of anilines is 1. The van der Waals surface area contributed by atoms with E-state index in [0.717, 1.165) is 41.4 Å². The molecule has 0 radical (unpaired) electrons. The second kappa shape index (κ2) is 9.27. The minimum absolute atomic E-state index is 0.123. The van der Waals surface area contributed by atoms with E-state index in [2.05, 4.69) is 10.3 Å². The van der Waals surface area contributed by atoms with Crippen molar-refractivity contribution in [2.45, 2.75) is 25.9 Å². The Hall–Kier alpha value is -4.25. The van der Waals surface area contributed by atoms with Crippen LogP contribution in [0.5, 0.6) is 0 Å². The van der Waals surface area contributed by atoms with Crippen LogP contribution in [-0.4, -0.2) is 27.3 Å². The Kier molecular flexibility index (Phi) is 6.08. The number of pyridine rings is 1. The van der Waals surface area contributed by atoms with Crippen LogP contribution in [0.4, 0.5) is 11.5 Å². The highest BCUT2D eigenvalue weighted by molar-refractivity contribution is 5.78. The van der Waals surface area contributed by atoms with Crippen molar-refractivity contribution in [1.29, 1.82) is 5.26 Å². The van der Waals surface area contributed by atoms with Crippen LogP contribution in [0.1, 0.15) is 29.5 Å².